The zero-order valence-electron chi connectivity index (χ0n) is 26.8. The first-order chi connectivity index (χ1) is 19.5. The highest BCUT2D eigenvalue weighted by atomic mass is 127. The first-order valence-corrected chi connectivity index (χ1v) is 17.4. The zero-order chi connectivity index (χ0) is 30.5. The fraction of sp³-hybridized carbons (Fsp3) is 0.730. The SMILES string of the molecule is CC1(C)[C@@H](O)CC[C@]2(C)[C@H]3C(=O)C=C4[C@@H]5C[C@@](C)(C(=O)OCc6ccc(I)cc6)CC[C@]5(C)CC[C@@]4(C)[C@]3(C)CC[C@@H]12. The van der Waals surface area contributed by atoms with Crippen molar-refractivity contribution in [1.82, 2.24) is 0 Å². The molecule has 0 heterocycles. The minimum Gasteiger partial charge on any atom is -0.460 e. The van der Waals surface area contributed by atoms with Gasteiger partial charge < -0.3 is 9.84 Å². The van der Waals surface area contributed by atoms with Gasteiger partial charge >= 0.3 is 5.97 Å². The molecule has 4 fully saturated rings. The maximum atomic E-state index is 14.5. The average molecular weight is 687 g/mol. The standard InChI is InChI=1S/C37H51IO4/c1-32(2)28-12-15-37(7)30(35(28,5)14-13-29(32)40)27(39)20-25-26-21-34(4,17-16-33(26,3)18-19-36(25,37)6)31(41)42-22-23-8-10-24(38)11-9-23/h8-11,20,26,28-30,40H,12-19,21-22H2,1-7H3/t26-,28-,29-,30+,33+,34-,35-,36+,37+/m0/s1. The summed E-state index contributed by atoms with van der Waals surface area (Å²) in [4.78, 5) is 28.2. The Morgan fingerprint density at radius 3 is 2.29 bits per heavy atom. The van der Waals surface area contributed by atoms with Crippen molar-refractivity contribution in [3.8, 4) is 0 Å². The number of aliphatic hydroxyl groups excluding tert-OH is 1. The third-order valence-electron chi connectivity index (χ3n) is 14.3. The summed E-state index contributed by atoms with van der Waals surface area (Å²) in [6, 6.07) is 8.15. The summed E-state index contributed by atoms with van der Waals surface area (Å²) in [7, 11) is 0. The van der Waals surface area contributed by atoms with Crippen molar-refractivity contribution in [1.29, 1.82) is 0 Å². The third kappa shape index (κ3) is 4.28. The molecular formula is C37H51IO4. The quantitative estimate of drug-likeness (QED) is 0.256. The van der Waals surface area contributed by atoms with Crippen LogP contribution in [0.25, 0.3) is 0 Å². The molecule has 0 aliphatic heterocycles. The Hall–Kier alpha value is -1.21. The topological polar surface area (TPSA) is 63.6 Å². The highest BCUT2D eigenvalue weighted by molar-refractivity contribution is 14.1. The Bertz CT molecular complexity index is 1320. The van der Waals surface area contributed by atoms with Crippen molar-refractivity contribution >= 4 is 34.3 Å². The first-order valence-electron chi connectivity index (χ1n) is 16.4. The predicted molar refractivity (Wildman–Crippen MR) is 174 cm³/mol. The van der Waals surface area contributed by atoms with Crippen LogP contribution in [0.5, 0.6) is 0 Å². The molecule has 0 unspecified atom stereocenters. The second kappa shape index (κ2) is 9.89. The fourth-order valence-electron chi connectivity index (χ4n) is 11.3. The number of allylic oxidation sites excluding steroid dienone is 2. The summed E-state index contributed by atoms with van der Waals surface area (Å²) < 4.78 is 7.13. The lowest BCUT2D eigenvalue weighted by Crippen LogP contribution is -2.66. The molecular weight excluding hydrogens is 635 g/mol. The van der Waals surface area contributed by atoms with Crippen LogP contribution < -0.4 is 0 Å². The van der Waals surface area contributed by atoms with Gasteiger partial charge in [-0.15, -0.1) is 0 Å². The number of carbonyl (C=O) groups excluding carboxylic acids is 2. The highest BCUT2D eigenvalue weighted by Gasteiger charge is 2.70. The van der Waals surface area contributed by atoms with Crippen molar-refractivity contribution in [2.45, 2.75) is 119 Å². The van der Waals surface area contributed by atoms with Crippen molar-refractivity contribution in [2.75, 3.05) is 0 Å². The van der Waals surface area contributed by atoms with E-state index in [0.29, 0.717) is 18.3 Å². The van der Waals surface area contributed by atoms with Gasteiger partial charge in [0.25, 0.3) is 0 Å². The number of aliphatic hydroxyl groups is 1. The summed E-state index contributed by atoms with van der Waals surface area (Å²) in [5, 5.41) is 11.0. The molecule has 1 aromatic rings. The van der Waals surface area contributed by atoms with Crippen LogP contribution in [-0.2, 0) is 20.9 Å². The van der Waals surface area contributed by atoms with Gasteiger partial charge in [0.15, 0.2) is 5.78 Å². The van der Waals surface area contributed by atoms with E-state index in [9.17, 15) is 14.7 Å². The number of hydrogen-bond donors (Lipinski definition) is 1. The predicted octanol–water partition coefficient (Wildman–Crippen LogP) is 8.68. The van der Waals surface area contributed by atoms with Crippen LogP contribution in [0.1, 0.15) is 112 Å². The fourth-order valence-corrected chi connectivity index (χ4v) is 11.6. The first kappa shape index (κ1) is 30.8. The molecule has 4 saturated carbocycles. The average Bonchev–Trinajstić information content (AvgIpc) is 2.92. The van der Waals surface area contributed by atoms with Crippen LogP contribution in [0, 0.1) is 53.8 Å². The van der Waals surface area contributed by atoms with Crippen molar-refractivity contribution in [2.24, 2.45) is 50.2 Å². The molecule has 5 aliphatic rings. The molecule has 9 atom stereocenters. The normalized spacial score (nSPS) is 45.9. The van der Waals surface area contributed by atoms with Gasteiger partial charge in [0, 0.05) is 9.49 Å². The third-order valence-corrected chi connectivity index (χ3v) is 15.0. The summed E-state index contributed by atoms with van der Waals surface area (Å²) in [5.41, 5.74) is 1.39. The van der Waals surface area contributed by atoms with E-state index in [2.05, 4.69) is 77.1 Å². The van der Waals surface area contributed by atoms with Gasteiger partial charge in [-0.25, -0.2) is 0 Å². The van der Waals surface area contributed by atoms with Gasteiger partial charge in [-0.2, -0.15) is 0 Å². The van der Waals surface area contributed by atoms with Gasteiger partial charge in [-0.3, -0.25) is 9.59 Å². The molecule has 0 aromatic heterocycles. The van der Waals surface area contributed by atoms with E-state index in [4.69, 9.17) is 4.74 Å². The van der Waals surface area contributed by atoms with Crippen LogP contribution in [0.2, 0.25) is 0 Å². The van der Waals surface area contributed by atoms with Gasteiger partial charge in [-0.05, 0) is 150 Å². The van der Waals surface area contributed by atoms with E-state index < -0.39 is 5.41 Å². The second-order valence-electron chi connectivity index (χ2n) is 16.8. The summed E-state index contributed by atoms with van der Waals surface area (Å²) in [5.74, 6) is 0.727. The number of ketones is 1. The van der Waals surface area contributed by atoms with Crippen LogP contribution in [0.3, 0.4) is 0 Å². The molecule has 42 heavy (non-hydrogen) atoms. The van der Waals surface area contributed by atoms with Gasteiger partial charge in [-0.1, -0.05) is 59.2 Å². The van der Waals surface area contributed by atoms with Crippen LogP contribution in [-0.4, -0.2) is 23.0 Å². The molecule has 0 spiro atoms. The van der Waals surface area contributed by atoms with Gasteiger partial charge in [0.2, 0.25) is 0 Å². The molecule has 6 rings (SSSR count). The molecule has 0 amide bonds. The van der Waals surface area contributed by atoms with Crippen LogP contribution >= 0.6 is 22.6 Å². The van der Waals surface area contributed by atoms with E-state index >= 15 is 0 Å². The van der Waals surface area contributed by atoms with Gasteiger partial charge in [0.1, 0.15) is 6.61 Å². The molecule has 0 radical (unpaired) electrons. The van der Waals surface area contributed by atoms with E-state index in [1.54, 1.807) is 0 Å². The molecule has 230 valence electrons. The number of hydrogen-bond acceptors (Lipinski definition) is 4. The lowest BCUT2D eigenvalue weighted by Gasteiger charge is -2.70. The number of fused-ring (bicyclic) bond motifs is 7. The molecule has 1 aromatic carbocycles. The molecule has 5 heteroatoms. The van der Waals surface area contributed by atoms with Crippen molar-refractivity contribution in [3.63, 3.8) is 0 Å². The smallest absolute Gasteiger partial charge is 0.312 e. The summed E-state index contributed by atoms with van der Waals surface area (Å²) >= 11 is 2.29. The second-order valence-corrected chi connectivity index (χ2v) is 18.1. The number of ether oxygens (including phenoxy) is 1. The lowest BCUT2D eigenvalue weighted by atomic mass is 9.33. The Kier molecular flexibility index (Phi) is 7.26. The molecule has 5 aliphatic carbocycles. The maximum Gasteiger partial charge on any atom is 0.312 e. The number of benzene rings is 1. The summed E-state index contributed by atoms with van der Waals surface area (Å²) in [6.45, 7) is 16.5. The van der Waals surface area contributed by atoms with E-state index in [1.165, 1.54) is 9.14 Å². The van der Waals surface area contributed by atoms with Gasteiger partial charge in [0.05, 0.1) is 11.5 Å². The van der Waals surface area contributed by atoms with Crippen molar-refractivity contribution < 1.29 is 19.4 Å². The number of rotatable bonds is 3. The van der Waals surface area contributed by atoms with Crippen LogP contribution in [0.15, 0.2) is 35.9 Å². The van der Waals surface area contributed by atoms with E-state index in [1.807, 2.05) is 24.3 Å². The molecule has 0 saturated heterocycles. The molecule has 4 nitrogen and oxygen atoms in total. The largest absolute Gasteiger partial charge is 0.460 e. The van der Waals surface area contributed by atoms with Crippen molar-refractivity contribution in [3.05, 3.63) is 45.0 Å². The lowest BCUT2D eigenvalue weighted by molar-refractivity contribution is -0.202. The minimum absolute atomic E-state index is 0.0255. The summed E-state index contributed by atoms with van der Waals surface area (Å²) in [6.07, 6.45) is 10.4. The Morgan fingerprint density at radius 2 is 1.60 bits per heavy atom. The highest BCUT2D eigenvalue weighted by Crippen LogP contribution is 2.75. The Labute approximate surface area is 267 Å². The number of esters is 1. The molecule has 0 bridgehead atoms. The van der Waals surface area contributed by atoms with Crippen LogP contribution in [0.4, 0.5) is 0 Å². The Balaban J connectivity index is 1.32. The minimum atomic E-state index is -0.555. The molecule has 1 N–H and O–H groups in total. The zero-order valence-corrected chi connectivity index (χ0v) is 29.0. The number of carbonyl (C=O) groups is 2. The van der Waals surface area contributed by atoms with E-state index in [-0.39, 0.29) is 51.0 Å². The van der Waals surface area contributed by atoms with E-state index in [0.717, 1.165) is 63.4 Å². The maximum absolute atomic E-state index is 14.5. The monoisotopic (exact) mass is 686 g/mol. The Morgan fingerprint density at radius 1 is 0.929 bits per heavy atom. The number of halogens is 1.